The first-order valence-electron chi connectivity index (χ1n) is 10.0. The Morgan fingerprint density at radius 1 is 0.967 bits per heavy atom. The van der Waals surface area contributed by atoms with E-state index in [0.29, 0.717) is 17.7 Å². The van der Waals surface area contributed by atoms with Crippen LogP contribution in [0.1, 0.15) is 42.2 Å². The van der Waals surface area contributed by atoms with Gasteiger partial charge >= 0.3 is 0 Å². The monoisotopic (exact) mass is 400 g/mol. The molecule has 2 atom stereocenters. The number of carbonyl (C=O) groups excluding carboxylic acids is 2. The van der Waals surface area contributed by atoms with Gasteiger partial charge in [-0.1, -0.05) is 36.4 Å². The second-order valence-electron chi connectivity index (χ2n) is 7.61. The van der Waals surface area contributed by atoms with Crippen molar-refractivity contribution in [1.82, 2.24) is 0 Å². The molecule has 5 nitrogen and oxygen atoms in total. The molecule has 0 bridgehead atoms. The molecule has 4 rings (SSSR count). The molecule has 0 fully saturated rings. The molecule has 152 valence electrons. The highest BCUT2D eigenvalue weighted by Crippen LogP contribution is 2.44. The summed E-state index contributed by atoms with van der Waals surface area (Å²) in [6.07, 6.45) is 0.559. The molecule has 1 aliphatic rings. The maximum Gasteiger partial charge on any atom is 0.258 e. The average Bonchev–Trinajstić information content (AvgIpc) is 2.75. The van der Waals surface area contributed by atoms with Gasteiger partial charge in [0, 0.05) is 35.5 Å². The Morgan fingerprint density at radius 3 is 2.23 bits per heavy atom. The molecule has 1 aliphatic heterocycles. The Bertz CT molecular complexity index is 1070. The SMILES string of the molecule is CC(=O)N(c1ccccc1)[C@@H]1C[C@H](C)N(C(=O)c2ccccc2)c2ccc(O)cc21. The van der Waals surface area contributed by atoms with E-state index in [0.717, 1.165) is 11.3 Å². The van der Waals surface area contributed by atoms with Gasteiger partial charge in [0.1, 0.15) is 5.75 Å². The van der Waals surface area contributed by atoms with Gasteiger partial charge in [-0.15, -0.1) is 0 Å². The second-order valence-corrected chi connectivity index (χ2v) is 7.61. The van der Waals surface area contributed by atoms with E-state index in [-0.39, 0.29) is 29.6 Å². The Morgan fingerprint density at radius 2 is 1.60 bits per heavy atom. The van der Waals surface area contributed by atoms with Crippen molar-refractivity contribution < 1.29 is 14.7 Å². The van der Waals surface area contributed by atoms with Crippen molar-refractivity contribution in [3.63, 3.8) is 0 Å². The van der Waals surface area contributed by atoms with E-state index in [2.05, 4.69) is 0 Å². The Kier molecular flexibility index (Phi) is 5.27. The zero-order valence-corrected chi connectivity index (χ0v) is 17.0. The molecule has 0 saturated heterocycles. The first kappa shape index (κ1) is 19.7. The van der Waals surface area contributed by atoms with E-state index >= 15 is 0 Å². The summed E-state index contributed by atoms with van der Waals surface area (Å²) in [6, 6.07) is 23.2. The minimum Gasteiger partial charge on any atom is -0.508 e. The molecule has 3 aromatic carbocycles. The molecule has 0 unspecified atom stereocenters. The van der Waals surface area contributed by atoms with Crippen molar-refractivity contribution in [2.45, 2.75) is 32.4 Å². The summed E-state index contributed by atoms with van der Waals surface area (Å²) >= 11 is 0. The van der Waals surface area contributed by atoms with Gasteiger partial charge in [0.25, 0.3) is 5.91 Å². The minimum atomic E-state index is -0.290. The van der Waals surface area contributed by atoms with E-state index in [9.17, 15) is 14.7 Å². The number of benzene rings is 3. The van der Waals surface area contributed by atoms with Crippen LogP contribution in [0.3, 0.4) is 0 Å². The molecule has 0 spiro atoms. The molecule has 1 heterocycles. The van der Waals surface area contributed by atoms with Crippen molar-refractivity contribution >= 4 is 23.2 Å². The summed E-state index contributed by atoms with van der Waals surface area (Å²) in [5.41, 5.74) is 2.87. The predicted molar refractivity (Wildman–Crippen MR) is 118 cm³/mol. The number of rotatable bonds is 3. The molecule has 0 radical (unpaired) electrons. The fourth-order valence-corrected chi connectivity index (χ4v) is 4.26. The Balaban J connectivity index is 1.82. The molecule has 1 N–H and O–H groups in total. The molecular formula is C25H24N2O3. The quantitative estimate of drug-likeness (QED) is 0.678. The van der Waals surface area contributed by atoms with E-state index < -0.39 is 0 Å². The number of hydrogen-bond donors (Lipinski definition) is 1. The number of anilines is 2. The van der Waals surface area contributed by atoms with Crippen molar-refractivity contribution in [3.05, 3.63) is 90.0 Å². The fraction of sp³-hybridized carbons (Fsp3) is 0.200. The van der Waals surface area contributed by atoms with Crippen molar-refractivity contribution in [3.8, 4) is 5.75 Å². The summed E-state index contributed by atoms with van der Waals surface area (Å²) in [6.45, 7) is 3.54. The lowest BCUT2D eigenvalue weighted by atomic mass is 9.89. The number of phenols is 1. The van der Waals surface area contributed by atoms with Crippen LogP contribution in [-0.4, -0.2) is 23.0 Å². The van der Waals surface area contributed by atoms with Crippen molar-refractivity contribution in [1.29, 1.82) is 0 Å². The van der Waals surface area contributed by atoms with Crippen LogP contribution >= 0.6 is 0 Å². The van der Waals surface area contributed by atoms with Crippen LogP contribution in [0.5, 0.6) is 5.75 Å². The maximum atomic E-state index is 13.3. The highest BCUT2D eigenvalue weighted by Gasteiger charge is 2.38. The van der Waals surface area contributed by atoms with Crippen LogP contribution < -0.4 is 9.80 Å². The summed E-state index contributed by atoms with van der Waals surface area (Å²) in [7, 11) is 0. The minimum absolute atomic E-state index is 0.0875. The summed E-state index contributed by atoms with van der Waals surface area (Å²) < 4.78 is 0. The lowest BCUT2D eigenvalue weighted by Crippen LogP contribution is -2.47. The number of amides is 2. The number of aromatic hydroxyl groups is 1. The van der Waals surface area contributed by atoms with Crippen LogP contribution in [0, 0.1) is 0 Å². The normalized spacial score (nSPS) is 17.9. The summed E-state index contributed by atoms with van der Waals surface area (Å²) in [5.74, 6) is -0.0740. The van der Waals surface area contributed by atoms with Gasteiger partial charge in [0.2, 0.25) is 5.91 Å². The number of phenolic OH excluding ortho intramolecular Hbond substituents is 1. The Hall–Kier alpha value is -3.60. The third-order valence-electron chi connectivity index (χ3n) is 5.56. The topological polar surface area (TPSA) is 60.9 Å². The molecule has 0 aliphatic carbocycles. The zero-order chi connectivity index (χ0) is 21.3. The van der Waals surface area contributed by atoms with Crippen LogP contribution in [0.15, 0.2) is 78.9 Å². The number of hydrogen-bond acceptors (Lipinski definition) is 3. The predicted octanol–water partition coefficient (Wildman–Crippen LogP) is 4.93. The van der Waals surface area contributed by atoms with Gasteiger partial charge in [0.15, 0.2) is 0 Å². The molecule has 30 heavy (non-hydrogen) atoms. The van der Waals surface area contributed by atoms with Gasteiger partial charge in [-0.05, 0) is 55.8 Å². The third kappa shape index (κ3) is 3.54. The zero-order valence-electron chi connectivity index (χ0n) is 17.0. The van der Waals surface area contributed by atoms with Crippen molar-refractivity contribution in [2.75, 3.05) is 9.80 Å². The Labute approximate surface area is 176 Å². The number of fused-ring (bicyclic) bond motifs is 1. The second kappa shape index (κ2) is 8.03. The number of nitrogens with zero attached hydrogens (tertiary/aromatic N) is 2. The van der Waals surface area contributed by atoms with Gasteiger partial charge in [-0.2, -0.15) is 0 Å². The van der Waals surface area contributed by atoms with Crippen molar-refractivity contribution in [2.24, 2.45) is 0 Å². The van der Waals surface area contributed by atoms with Gasteiger partial charge in [0.05, 0.1) is 6.04 Å². The molecule has 3 aromatic rings. The molecule has 0 saturated carbocycles. The average molecular weight is 400 g/mol. The smallest absolute Gasteiger partial charge is 0.258 e. The fourth-order valence-electron chi connectivity index (χ4n) is 4.26. The van der Waals surface area contributed by atoms with E-state index in [1.807, 2.05) is 55.5 Å². The summed E-state index contributed by atoms with van der Waals surface area (Å²) in [5, 5.41) is 10.2. The maximum absolute atomic E-state index is 13.3. The van der Waals surface area contributed by atoms with Crippen LogP contribution in [0.2, 0.25) is 0 Å². The molecule has 5 heteroatoms. The first-order valence-corrected chi connectivity index (χ1v) is 10.0. The molecular weight excluding hydrogens is 376 g/mol. The van der Waals surface area contributed by atoms with E-state index in [1.54, 1.807) is 47.1 Å². The standard InChI is InChI=1S/C25H24N2O3/c1-17-15-24(27(18(2)28)20-11-7-4-8-12-20)22-16-21(29)13-14-23(22)26(17)25(30)19-9-5-3-6-10-19/h3-14,16-17,24,29H,15H2,1-2H3/t17-,24+/m0/s1. The van der Waals surface area contributed by atoms with E-state index in [1.165, 1.54) is 0 Å². The van der Waals surface area contributed by atoms with Crippen LogP contribution in [0.25, 0.3) is 0 Å². The third-order valence-corrected chi connectivity index (χ3v) is 5.56. The number of para-hydroxylation sites is 1. The van der Waals surface area contributed by atoms with Gasteiger partial charge < -0.3 is 14.9 Å². The lowest BCUT2D eigenvalue weighted by Gasteiger charge is -2.43. The molecule has 2 amide bonds. The highest BCUT2D eigenvalue weighted by molar-refractivity contribution is 6.07. The van der Waals surface area contributed by atoms with E-state index in [4.69, 9.17) is 0 Å². The molecule has 0 aromatic heterocycles. The lowest BCUT2D eigenvalue weighted by molar-refractivity contribution is -0.117. The van der Waals surface area contributed by atoms with Crippen LogP contribution in [0.4, 0.5) is 11.4 Å². The largest absolute Gasteiger partial charge is 0.508 e. The first-order chi connectivity index (χ1) is 14.5. The number of carbonyl (C=O) groups is 2. The van der Waals surface area contributed by atoms with Gasteiger partial charge in [-0.3, -0.25) is 9.59 Å². The van der Waals surface area contributed by atoms with Crippen LogP contribution in [-0.2, 0) is 4.79 Å². The van der Waals surface area contributed by atoms with Gasteiger partial charge in [-0.25, -0.2) is 0 Å². The highest BCUT2D eigenvalue weighted by atomic mass is 16.3. The summed E-state index contributed by atoms with van der Waals surface area (Å²) in [4.78, 5) is 29.5.